The molecule has 0 bridgehead atoms. The fraction of sp³-hybridized carbons (Fsp3) is 0.238. The summed E-state index contributed by atoms with van der Waals surface area (Å²) >= 11 is 1.40. The maximum atomic E-state index is 13.1. The minimum Gasteiger partial charge on any atom is -0.508 e. The number of aryl methyl sites for hydroxylation is 2. The summed E-state index contributed by atoms with van der Waals surface area (Å²) in [5, 5.41) is 10.4. The summed E-state index contributed by atoms with van der Waals surface area (Å²) in [6.07, 6.45) is 2.79. The molecule has 1 aliphatic heterocycles. The summed E-state index contributed by atoms with van der Waals surface area (Å²) in [5.74, 6) is 0.189. The Hall–Kier alpha value is -2.53. The van der Waals surface area contributed by atoms with E-state index in [0.29, 0.717) is 16.6 Å². The molecule has 0 atom stereocenters. The van der Waals surface area contributed by atoms with E-state index in [4.69, 9.17) is 0 Å². The van der Waals surface area contributed by atoms with Crippen molar-refractivity contribution in [3.8, 4) is 5.75 Å². The van der Waals surface area contributed by atoms with Gasteiger partial charge >= 0.3 is 0 Å². The van der Waals surface area contributed by atoms with E-state index in [1.165, 1.54) is 11.8 Å². The fourth-order valence-corrected chi connectivity index (χ4v) is 3.73. The Morgan fingerprint density at radius 2 is 1.92 bits per heavy atom. The molecule has 5 heteroatoms. The van der Waals surface area contributed by atoms with Crippen LogP contribution in [0.5, 0.6) is 5.75 Å². The Balaban J connectivity index is 2.02. The Morgan fingerprint density at radius 3 is 2.62 bits per heavy atom. The number of carbonyl (C=O) groups is 1. The van der Waals surface area contributed by atoms with E-state index in [1.807, 2.05) is 56.3 Å². The van der Waals surface area contributed by atoms with Crippen LogP contribution in [-0.2, 0) is 4.79 Å². The lowest BCUT2D eigenvalue weighted by molar-refractivity contribution is -0.113. The van der Waals surface area contributed by atoms with E-state index in [9.17, 15) is 9.90 Å². The molecule has 134 valence electrons. The molecular weight excluding hydrogens is 344 g/mol. The van der Waals surface area contributed by atoms with Gasteiger partial charge in [0.25, 0.3) is 5.91 Å². The number of carbonyl (C=O) groups excluding carboxylic acids is 1. The summed E-state index contributed by atoms with van der Waals surface area (Å²) in [6, 6.07) is 13.2. The molecule has 0 spiro atoms. The second kappa shape index (κ2) is 7.79. The van der Waals surface area contributed by atoms with Crippen molar-refractivity contribution in [3.63, 3.8) is 0 Å². The van der Waals surface area contributed by atoms with Crippen molar-refractivity contribution in [2.45, 2.75) is 27.2 Å². The van der Waals surface area contributed by atoms with Gasteiger partial charge in [-0.3, -0.25) is 14.7 Å². The van der Waals surface area contributed by atoms with Crippen LogP contribution in [0, 0.1) is 13.8 Å². The Morgan fingerprint density at radius 1 is 1.15 bits per heavy atom. The van der Waals surface area contributed by atoms with Crippen molar-refractivity contribution < 1.29 is 9.90 Å². The van der Waals surface area contributed by atoms with Crippen molar-refractivity contribution in [1.29, 1.82) is 0 Å². The second-order valence-electron chi connectivity index (χ2n) is 6.25. The van der Waals surface area contributed by atoms with Crippen LogP contribution in [-0.4, -0.2) is 22.7 Å². The first-order valence-corrected chi connectivity index (χ1v) is 9.46. The molecule has 0 radical (unpaired) electrons. The van der Waals surface area contributed by atoms with Crippen LogP contribution in [0.2, 0.25) is 0 Å². The minimum atomic E-state index is -0.0649. The normalized spacial score (nSPS) is 17.5. The van der Waals surface area contributed by atoms with Crippen molar-refractivity contribution in [2.75, 3.05) is 11.4 Å². The standard InChI is InChI=1S/C21H22N2O2S/c1-4-11-22-21-23(17-8-6-5-7-14(17)2)20(25)19(26-21)13-16-9-10-18(24)15(3)12-16/h5-10,12-13,24H,4,11H2,1-3H3/b19-13-,22-21?. The van der Waals surface area contributed by atoms with E-state index in [2.05, 4.69) is 11.9 Å². The number of benzene rings is 2. The number of thioether (sulfide) groups is 1. The number of aromatic hydroxyl groups is 1. The topological polar surface area (TPSA) is 52.9 Å². The quantitative estimate of drug-likeness (QED) is 0.783. The zero-order valence-corrected chi connectivity index (χ0v) is 16.0. The van der Waals surface area contributed by atoms with E-state index < -0.39 is 0 Å². The summed E-state index contributed by atoms with van der Waals surface area (Å²) in [6.45, 7) is 6.59. The van der Waals surface area contributed by atoms with E-state index in [0.717, 1.165) is 28.8 Å². The number of amides is 1. The van der Waals surface area contributed by atoms with Crippen molar-refractivity contribution in [1.82, 2.24) is 0 Å². The summed E-state index contributed by atoms with van der Waals surface area (Å²) in [5.41, 5.74) is 3.57. The van der Waals surface area contributed by atoms with E-state index in [-0.39, 0.29) is 11.7 Å². The largest absolute Gasteiger partial charge is 0.508 e. The Labute approximate surface area is 158 Å². The third kappa shape index (κ3) is 3.68. The molecule has 1 amide bonds. The van der Waals surface area contributed by atoms with Gasteiger partial charge in [-0.15, -0.1) is 0 Å². The average Bonchev–Trinajstić information content (AvgIpc) is 2.92. The van der Waals surface area contributed by atoms with Gasteiger partial charge in [0.15, 0.2) is 5.17 Å². The molecule has 4 nitrogen and oxygen atoms in total. The van der Waals surface area contributed by atoms with Gasteiger partial charge in [0.05, 0.1) is 10.6 Å². The second-order valence-corrected chi connectivity index (χ2v) is 7.26. The van der Waals surface area contributed by atoms with Crippen LogP contribution in [0.1, 0.15) is 30.0 Å². The minimum absolute atomic E-state index is 0.0649. The molecule has 1 saturated heterocycles. The lowest BCUT2D eigenvalue weighted by Gasteiger charge is -2.17. The number of rotatable bonds is 4. The Kier molecular flexibility index (Phi) is 5.47. The molecule has 1 fully saturated rings. The summed E-state index contributed by atoms with van der Waals surface area (Å²) in [7, 11) is 0. The van der Waals surface area contributed by atoms with Gasteiger partial charge < -0.3 is 5.11 Å². The lowest BCUT2D eigenvalue weighted by atomic mass is 10.1. The van der Waals surface area contributed by atoms with Crippen LogP contribution in [0.15, 0.2) is 52.4 Å². The number of phenols is 1. The maximum Gasteiger partial charge on any atom is 0.271 e. The van der Waals surface area contributed by atoms with Gasteiger partial charge in [-0.25, -0.2) is 0 Å². The lowest BCUT2D eigenvalue weighted by Crippen LogP contribution is -2.29. The molecule has 2 aromatic carbocycles. The zero-order valence-electron chi connectivity index (χ0n) is 15.2. The highest BCUT2D eigenvalue weighted by molar-refractivity contribution is 8.19. The van der Waals surface area contributed by atoms with Crippen LogP contribution < -0.4 is 4.90 Å². The average molecular weight is 366 g/mol. The predicted molar refractivity (Wildman–Crippen MR) is 110 cm³/mol. The molecule has 1 aliphatic rings. The molecule has 1 heterocycles. The number of hydrogen-bond acceptors (Lipinski definition) is 4. The van der Waals surface area contributed by atoms with Crippen LogP contribution in [0.3, 0.4) is 0 Å². The number of hydrogen-bond donors (Lipinski definition) is 1. The first-order valence-electron chi connectivity index (χ1n) is 8.65. The predicted octanol–water partition coefficient (Wildman–Crippen LogP) is 4.90. The van der Waals surface area contributed by atoms with Gasteiger partial charge in [0.1, 0.15) is 5.75 Å². The third-order valence-electron chi connectivity index (χ3n) is 4.15. The van der Waals surface area contributed by atoms with Crippen molar-refractivity contribution in [2.24, 2.45) is 4.99 Å². The number of amidine groups is 1. The number of aliphatic imine (C=N–C) groups is 1. The molecule has 0 aromatic heterocycles. The SMILES string of the molecule is CCCN=C1S/C(=C\c2ccc(O)c(C)c2)C(=O)N1c1ccccc1C. The van der Waals surface area contributed by atoms with Crippen LogP contribution in [0.4, 0.5) is 5.69 Å². The number of nitrogens with zero attached hydrogens (tertiary/aromatic N) is 2. The summed E-state index contributed by atoms with van der Waals surface area (Å²) < 4.78 is 0. The van der Waals surface area contributed by atoms with Crippen LogP contribution >= 0.6 is 11.8 Å². The third-order valence-corrected chi connectivity index (χ3v) is 5.16. The molecule has 3 rings (SSSR count). The van der Waals surface area contributed by atoms with Crippen molar-refractivity contribution >= 4 is 34.6 Å². The molecule has 0 saturated carbocycles. The summed E-state index contributed by atoms with van der Waals surface area (Å²) in [4.78, 5) is 20.0. The van der Waals surface area contributed by atoms with Gasteiger partial charge in [-0.05, 0) is 73.0 Å². The van der Waals surface area contributed by atoms with Gasteiger partial charge in [0, 0.05) is 6.54 Å². The van der Waals surface area contributed by atoms with Crippen LogP contribution in [0.25, 0.3) is 6.08 Å². The molecular formula is C21H22N2O2S. The number of para-hydroxylation sites is 1. The van der Waals surface area contributed by atoms with E-state index in [1.54, 1.807) is 11.0 Å². The first kappa shape index (κ1) is 18.3. The number of phenolic OH excluding ortho intramolecular Hbond substituents is 1. The molecule has 0 aliphatic carbocycles. The molecule has 0 unspecified atom stereocenters. The molecule has 1 N–H and O–H groups in total. The first-order chi connectivity index (χ1) is 12.5. The van der Waals surface area contributed by atoms with Crippen molar-refractivity contribution in [3.05, 3.63) is 64.1 Å². The number of anilines is 1. The highest BCUT2D eigenvalue weighted by Crippen LogP contribution is 2.37. The molecule has 26 heavy (non-hydrogen) atoms. The highest BCUT2D eigenvalue weighted by atomic mass is 32.2. The molecule has 2 aromatic rings. The van der Waals surface area contributed by atoms with Gasteiger partial charge in [-0.2, -0.15) is 0 Å². The van der Waals surface area contributed by atoms with E-state index >= 15 is 0 Å². The smallest absolute Gasteiger partial charge is 0.271 e. The van der Waals surface area contributed by atoms with Gasteiger partial charge in [-0.1, -0.05) is 31.2 Å². The Bertz CT molecular complexity index is 903. The fourth-order valence-electron chi connectivity index (χ4n) is 2.73. The highest BCUT2D eigenvalue weighted by Gasteiger charge is 2.35. The zero-order chi connectivity index (χ0) is 18.7. The van der Waals surface area contributed by atoms with Gasteiger partial charge in [0.2, 0.25) is 0 Å². The monoisotopic (exact) mass is 366 g/mol. The maximum absolute atomic E-state index is 13.1.